The first-order valence-corrected chi connectivity index (χ1v) is 7.22. The molecule has 0 radical (unpaired) electrons. The second-order valence-electron chi connectivity index (χ2n) is 5.48. The monoisotopic (exact) mass is 305 g/mol. The zero-order chi connectivity index (χ0) is 15.6. The molecule has 1 aliphatic heterocycles. The average molecular weight is 305 g/mol. The molecule has 23 heavy (non-hydrogen) atoms. The van der Waals surface area contributed by atoms with Gasteiger partial charge < -0.3 is 14.2 Å². The molecule has 0 bridgehead atoms. The Morgan fingerprint density at radius 2 is 1.83 bits per heavy atom. The van der Waals surface area contributed by atoms with E-state index >= 15 is 0 Å². The van der Waals surface area contributed by atoms with Gasteiger partial charge in [-0.15, -0.1) is 0 Å². The van der Waals surface area contributed by atoms with Crippen molar-refractivity contribution in [1.29, 1.82) is 0 Å². The molecule has 2 aliphatic rings. The van der Waals surface area contributed by atoms with Crippen LogP contribution in [0.3, 0.4) is 0 Å². The van der Waals surface area contributed by atoms with Crippen molar-refractivity contribution in [2.24, 2.45) is 0 Å². The lowest BCUT2D eigenvalue weighted by Crippen LogP contribution is -2.12. The van der Waals surface area contributed by atoms with E-state index in [9.17, 15) is 4.79 Å². The minimum absolute atomic E-state index is 0.107. The fourth-order valence-electron chi connectivity index (χ4n) is 3.33. The van der Waals surface area contributed by atoms with Gasteiger partial charge in [0.25, 0.3) is 0 Å². The fourth-order valence-corrected chi connectivity index (χ4v) is 3.33. The van der Waals surface area contributed by atoms with Crippen molar-refractivity contribution < 1.29 is 19.0 Å². The summed E-state index contributed by atoms with van der Waals surface area (Å²) in [6.45, 7) is 0.176. The van der Waals surface area contributed by atoms with Crippen molar-refractivity contribution >= 4 is 16.6 Å². The molecular formula is C18H11NO4. The molecular weight excluding hydrogens is 294 g/mol. The Hall–Kier alpha value is -3.08. The lowest BCUT2D eigenvalue weighted by molar-refractivity contribution is 0.103. The minimum Gasteiger partial charge on any atom is -0.496 e. The van der Waals surface area contributed by atoms with Crippen LogP contribution in [0.25, 0.3) is 21.9 Å². The van der Waals surface area contributed by atoms with Crippen molar-refractivity contribution in [3.05, 3.63) is 47.8 Å². The molecule has 1 aliphatic carbocycles. The molecule has 5 heteroatoms. The second kappa shape index (κ2) is 4.23. The number of ether oxygens (including phenoxy) is 3. The van der Waals surface area contributed by atoms with Crippen LogP contribution in [0.1, 0.15) is 16.1 Å². The zero-order valence-corrected chi connectivity index (χ0v) is 12.3. The van der Waals surface area contributed by atoms with Crippen LogP contribution >= 0.6 is 0 Å². The first kappa shape index (κ1) is 12.5. The van der Waals surface area contributed by atoms with Crippen LogP contribution < -0.4 is 14.2 Å². The molecule has 0 atom stereocenters. The van der Waals surface area contributed by atoms with E-state index in [4.69, 9.17) is 14.2 Å². The highest BCUT2D eigenvalue weighted by atomic mass is 16.7. The third kappa shape index (κ3) is 1.51. The molecule has 3 aromatic rings. The highest BCUT2D eigenvalue weighted by Gasteiger charge is 2.30. The molecule has 0 amide bonds. The second-order valence-corrected chi connectivity index (χ2v) is 5.48. The zero-order valence-electron chi connectivity index (χ0n) is 12.3. The number of carbonyl (C=O) groups is 1. The van der Waals surface area contributed by atoms with Gasteiger partial charge in [0.1, 0.15) is 11.4 Å². The molecule has 0 unspecified atom stereocenters. The molecule has 2 aromatic carbocycles. The van der Waals surface area contributed by atoms with Crippen LogP contribution in [0.4, 0.5) is 0 Å². The molecule has 5 nitrogen and oxygen atoms in total. The smallest absolute Gasteiger partial charge is 0.231 e. The fraction of sp³-hybridized carbons (Fsp3) is 0.111. The van der Waals surface area contributed by atoms with Crippen molar-refractivity contribution in [1.82, 2.24) is 4.98 Å². The summed E-state index contributed by atoms with van der Waals surface area (Å²) in [6.07, 6.45) is 1.64. The largest absolute Gasteiger partial charge is 0.496 e. The number of nitrogens with zero attached hydrogens (tertiary/aromatic N) is 1. The van der Waals surface area contributed by atoms with Crippen LogP contribution in [0.15, 0.2) is 36.5 Å². The first-order valence-electron chi connectivity index (χ1n) is 7.22. The van der Waals surface area contributed by atoms with Crippen molar-refractivity contribution in [3.63, 3.8) is 0 Å². The summed E-state index contributed by atoms with van der Waals surface area (Å²) < 4.78 is 16.3. The van der Waals surface area contributed by atoms with E-state index in [2.05, 4.69) is 4.98 Å². The molecule has 2 heterocycles. The van der Waals surface area contributed by atoms with Crippen LogP contribution in [0, 0.1) is 0 Å². The number of benzene rings is 2. The maximum absolute atomic E-state index is 12.9. The Bertz CT molecular complexity index is 1010. The van der Waals surface area contributed by atoms with Crippen molar-refractivity contribution in [2.75, 3.05) is 13.9 Å². The first-order chi connectivity index (χ1) is 11.3. The minimum atomic E-state index is -0.107. The van der Waals surface area contributed by atoms with Gasteiger partial charge in [0, 0.05) is 22.5 Å². The van der Waals surface area contributed by atoms with E-state index in [1.165, 1.54) is 0 Å². The van der Waals surface area contributed by atoms with Gasteiger partial charge in [0.15, 0.2) is 11.5 Å². The Morgan fingerprint density at radius 3 is 2.61 bits per heavy atom. The molecule has 0 spiro atoms. The summed E-state index contributed by atoms with van der Waals surface area (Å²) in [6, 6.07) is 9.35. The topological polar surface area (TPSA) is 57.7 Å². The Labute approximate surface area is 131 Å². The highest BCUT2D eigenvalue weighted by Crippen LogP contribution is 2.46. The van der Waals surface area contributed by atoms with Gasteiger partial charge in [-0.2, -0.15) is 0 Å². The third-order valence-electron chi connectivity index (χ3n) is 4.37. The quantitative estimate of drug-likeness (QED) is 0.540. The van der Waals surface area contributed by atoms with Crippen LogP contribution in [-0.4, -0.2) is 24.7 Å². The molecule has 1 aromatic heterocycles. The number of carbonyl (C=O) groups excluding carboxylic acids is 1. The number of hydrogen-bond donors (Lipinski definition) is 0. The van der Waals surface area contributed by atoms with Crippen LogP contribution in [0.5, 0.6) is 17.2 Å². The van der Waals surface area contributed by atoms with E-state index < -0.39 is 0 Å². The van der Waals surface area contributed by atoms with E-state index in [1.54, 1.807) is 19.4 Å². The van der Waals surface area contributed by atoms with Gasteiger partial charge in [0.2, 0.25) is 12.6 Å². The molecule has 0 N–H and O–H groups in total. The Kier molecular flexibility index (Phi) is 2.29. The van der Waals surface area contributed by atoms with Gasteiger partial charge >= 0.3 is 0 Å². The molecule has 0 saturated carbocycles. The maximum Gasteiger partial charge on any atom is 0.231 e. The van der Waals surface area contributed by atoms with Crippen molar-refractivity contribution in [2.45, 2.75) is 0 Å². The number of ketones is 1. The summed E-state index contributed by atoms with van der Waals surface area (Å²) in [7, 11) is 1.62. The summed E-state index contributed by atoms with van der Waals surface area (Å²) in [4.78, 5) is 17.2. The Morgan fingerprint density at radius 1 is 1.04 bits per heavy atom. The van der Waals surface area contributed by atoms with E-state index in [-0.39, 0.29) is 12.6 Å². The molecule has 0 saturated heterocycles. The number of pyridine rings is 1. The lowest BCUT2D eigenvalue weighted by Gasteiger charge is -2.20. The predicted octanol–water partition coefficient (Wildman–Crippen LogP) is 3.18. The van der Waals surface area contributed by atoms with E-state index in [0.717, 1.165) is 27.6 Å². The van der Waals surface area contributed by atoms with Gasteiger partial charge in [-0.05, 0) is 41.5 Å². The van der Waals surface area contributed by atoms with Gasteiger partial charge in [-0.3, -0.25) is 9.78 Å². The predicted molar refractivity (Wildman–Crippen MR) is 83.3 cm³/mol. The Balaban J connectivity index is 1.93. The third-order valence-corrected chi connectivity index (χ3v) is 4.37. The number of rotatable bonds is 1. The highest BCUT2D eigenvalue weighted by molar-refractivity contribution is 6.25. The number of aromatic nitrogens is 1. The summed E-state index contributed by atoms with van der Waals surface area (Å²) >= 11 is 0. The molecule has 0 fully saturated rings. The van der Waals surface area contributed by atoms with Gasteiger partial charge in [-0.1, -0.05) is 0 Å². The van der Waals surface area contributed by atoms with E-state index in [0.29, 0.717) is 22.8 Å². The summed E-state index contributed by atoms with van der Waals surface area (Å²) in [5.74, 6) is 1.88. The van der Waals surface area contributed by atoms with Crippen molar-refractivity contribution in [3.8, 4) is 28.4 Å². The molecule has 112 valence electrons. The molecule has 5 rings (SSSR count). The number of methoxy groups -OCH3 is 1. The summed E-state index contributed by atoms with van der Waals surface area (Å²) in [5.41, 5.74) is 2.83. The van der Waals surface area contributed by atoms with Gasteiger partial charge in [0.05, 0.1) is 7.11 Å². The normalized spacial score (nSPS) is 14.0. The number of hydrogen-bond acceptors (Lipinski definition) is 5. The average Bonchev–Trinajstić information content (AvgIpc) is 3.05. The van der Waals surface area contributed by atoms with Crippen LogP contribution in [-0.2, 0) is 0 Å². The van der Waals surface area contributed by atoms with Crippen LogP contribution in [0.2, 0.25) is 0 Å². The lowest BCUT2D eigenvalue weighted by atomic mass is 9.85. The SMILES string of the molecule is COc1ccc2c3c(nccc13)C(=O)c1cc3c(cc1-2)OCO3. The summed E-state index contributed by atoms with van der Waals surface area (Å²) in [5, 5.41) is 1.70. The van der Waals surface area contributed by atoms with Gasteiger partial charge in [-0.25, -0.2) is 0 Å². The number of fused-ring (bicyclic) bond motifs is 3. The maximum atomic E-state index is 12.9. The standard InChI is InChI=1S/C18H11NO4/c1-21-13-3-2-9-11-6-14-15(23-8-22-14)7-12(11)18(20)17-16(9)10(13)4-5-19-17/h2-7H,8H2,1H3. The van der Waals surface area contributed by atoms with E-state index in [1.807, 2.05) is 24.3 Å².